The third kappa shape index (κ3) is 3.86. The molecule has 0 radical (unpaired) electrons. The second-order valence-corrected chi connectivity index (χ2v) is 6.59. The highest BCUT2D eigenvalue weighted by Crippen LogP contribution is 2.20. The molecule has 0 unspecified atom stereocenters. The number of aryl methyl sites for hydroxylation is 1. The summed E-state index contributed by atoms with van der Waals surface area (Å²) in [6.07, 6.45) is 0. The van der Waals surface area contributed by atoms with Crippen LogP contribution in [-0.2, 0) is 19.1 Å². The lowest BCUT2D eigenvalue weighted by Crippen LogP contribution is -2.60. The number of thiazole rings is 1. The fourth-order valence-electron chi connectivity index (χ4n) is 2.69. The molecule has 0 bridgehead atoms. The Morgan fingerprint density at radius 3 is 3.13 bits per heavy atom. The summed E-state index contributed by atoms with van der Waals surface area (Å²) in [5.41, 5.74) is 0.229. The molecule has 1 atom stereocenters. The molecule has 8 nitrogen and oxygen atoms in total. The molecule has 0 saturated carbocycles. The van der Waals surface area contributed by atoms with E-state index in [0.29, 0.717) is 44.6 Å². The maximum absolute atomic E-state index is 12.4. The van der Waals surface area contributed by atoms with Gasteiger partial charge in [0.1, 0.15) is 5.60 Å². The molecule has 2 fully saturated rings. The average molecular weight is 340 g/mol. The minimum absolute atomic E-state index is 0.336. The Bertz CT molecular complexity index is 583. The molecule has 23 heavy (non-hydrogen) atoms. The van der Waals surface area contributed by atoms with Crippen molar-refractivity contribution in [3.63, 3.8) is 0 Å². The van der Waals surface area contributed by atoms with Crippen LogP contribution in [0.2, 0.25) is 0 Å². The van der Waals surface area contributed by atoms with Gasteiger partial charge in [0.2, 0.25) is 0 Å². The van der Waals surface area contributed by atoms with Crippen molar-refractivity contribution in [2.75, 3.05) is 51.3 Å². The first-order valence-electron chi connectivity index (χ1n) is 7.53. The van der Waals surface area contributed by atoms with Gasteiger partial charge in [0.25, 0.3) is 0 Å². The van der Waals surface area contributed by atoms with Crippen LogP contribution in [0.3, 0.4) is 0 Å². The maximum atomic E-state index is 12.4. The van der Waals surface area contributed by atoms with E-state index in [1.165, 1.54) is 16.2 Å². The molecule has 3 heterocycles. The first-order chi connectivity index (χ1) is 11.1. The lowest BCUT2D eigenvalue weighted by atomic mass is 10.0. The molecule has 2 aliphatic heterocycles. The summed E-state index contributed by atoms with van der Waals surface area (Å²) in [4.78, 5) is 30.2. The van der Waals surface area contributed by atoms with Crippen LogP contribution in [0.5, 0.6) is 0 Å². The predicted octanol–water partition coefficient (Wildman–Crippen LogP) is -0.393. The Balaban J connectivity index is 1.63. The molecule has 3 rings (SSSR count). The van der Waals surface area contributed by atoms with Gasteiger partial charge in [-0.2, -0.15) is 0 Å². The molecule has 0 aliphatic carbocycles. The molecular weight excluding hydrogens is 320 g/mol. The number of nitrogens with one attached hydrogen (secondary N) is 2. The van der Waals surface area contributed by atoms with Crippen LogP contribution < -0.4 is 10.6 Å². The average Bonchev–Trinajstić information content (AvgIpc) is 2.82. The number of hydrogen-bond donors (Lipinski definition) is 2. The van der Waals surface area contributed by atoms with E-state index in [4.69, 9.17) is 9.47 Å². The highest BCUT2D eigenvalue weighted by Gasteiger charge is 2.40. The van der Waals surface area contributed by atoms with E-state index >= 15 is 0 Å². The number of ether oxygens (including phenoxy) is 2. The van der Waals surface area contributed by atoms with Crippen LogP contribution in [0.4, 0.5) is 5.13 Å². The predicted molar refractivity (Wildman–Crippen MR) is 84.4 cm³/mol. The van der Waals surface area contributed by atoms with Gasteiger partial charge in [-0.15, -0.1) is 11.3 Å². The van der Waals surface area contributed by atoms with Crippen LogP contribution in [0.15, 0.2) is 5.38 Å². The first-order valence-corrected chi connectivity index (χ1v) is 8.41. The van der Waals surface area contributed by atoms with Crippen LogP contribution in [-0.4, -0.2) is 73.3 Å². The van der Waals surface area contributed by atoms with E-state index in [0.717, 1.165) is 12.2 Å². The zero-order valence-electron chi connectivity index (χ0n) is 13.0. The van der Waals surface area contributed by atoms with Crippen molar-refractivity contribution in [3.8, 4) is 0 Å². The Hall–Kier alpha value is -1.55. The van der Waals surface area contributed by atoms with Crippen molar-refractivity contribution in [2.45, 2.75) is 12.5 Å². The summed E-state index contributed by atoms with van der Waals surface area (Å²) >= 11 is 1.30. The molecule has 0 aromatic carbocycles. The molecule has 2 N–H and O–H groups in total. The monoisotopic (exact) mass is 340 g/mol. The second-order valence-electron chi connectivity index (χ2n) is 5.74. The minimum atomic E-state index is -0.668. The molecule has 9 heteroatoms. The number of rotatable bonds is 1. The quantitative estimate of drug-likeness (QED) is 0.676. The zero-order chi connectivity index (χ0) is 16.3. The number of morpholine rings is 1. The molecule has 2 amide bonds. The molecular formula is C14H20N4O4S. The van der Waals surface area contributed by atoms with E-state index in [2.05, 4.69) is 15.6 Å². The third-order valence-corrected chi connectivity index (χ3v) is 4.68. The van der Waals surface area contributed by atoms with Gasteiger partial charge in [-0.05, 0) is 6.92 Å². The summed E-state index contributed by atoms with van der Waals surface area (Å²) in [5.74, 6) is -1.23. The van der Waals surface area contributed by atoms with Gasteiger partial charge < -0.3 is 19.7 Å². The molecule has 1 spiro atoms. The van der Waals surface area contributed by atoms with Gasteiger partial charge in [0.05, 0.1) is 32.1 Å². The van der Waals surface area contributed by atoms with Gasteiger partial charge in [0.15, 0.2) is 5.13 Å². The normalized spacial score (nSPS) is 25.2. The maximum Gasteiger partial charge on any atom is 0.315 e. The van der Waals surface area contributed by atoms with Gasteiger partial charge in [-0.3, -0.25) is 14.9 Å². The van der Waals surface area contributed by atoms with Gasteiger partial charge in [-0.1, -0.05) is 0 Å². The molecule has 2 aliphatic rings. The van der Waals surface area contributed by atoms with Gasteiger partial charge in [-0.25, -0.2) is 4.98 Å². The highest BCUT2D eigenvalue weighted by atomic mass is 32.1. The van der Waals surface area contributed by atoms with Crippen molar-refractivity contribution in [3.05, 3.63) is 11.1 Å². The van der Waals surface area contributed by atoms with E-state index < -0.39 is 17.4 Å². The second kappa shape index (κ2) is 6.91. The largest absolute Gasteiger partial charge is 0.377 e. The number of anilines is 1. The summed E-state index contributed by atoms with van der Waals surface area (Å²) in [6, 6.07) is 0. The molecule has 1 aromatic heterocycles. The fourth-order valence-corrected chi connectivity index (χ4v) is 3.37. The Kier molecular flexibility index (Phi) is 4.90. The van der Waals surface area contributed by atoms with Crippen molar-refractivity contribution in [2.24, 2.45) is 0 Å². The third-order valence-electron chi connectivity index (χ3n) is 3.80. The summed E-state index contributed by atoms with van der Waals surface area (Å²) in [7, 11) is 0. The number of amides is 2. The summed E-state index contributed by atoms with van der Waals surface area (Å²) in [5, 5.41) is 8.05. The summed E-state index contributed by atoms with van der Waals surface area (Å²) in [6.45, 7) is 5.33. The molecule has 1 aromatic rings. The number of carbonyl (C=O) groups excluding carboxylic acids is 2. The van der Waals surface area contributed by atoms with Crippen LogP contribution >= 0.6 is 11.3 Å². The van der Waals surface area contributed by atoms with E-state index in [1.807, 2.05) is 12.3 Å². The Morgan fingerprint density at radius 1 is 1.48 bits per heavy atom. The van der Waals surface area contributed by atoms with E-state index in [9.17, 15) is 9.59 Å². The van der Waals surface area contributed by atoms with Crippen molar-refractivity contribution in [1.82, 2.24) is 15.2 Å². The Morgan fingerprint density at radius 2 is 2.35 bits per heavy atom. The van der Waals surface area contributed by atoms with Crippen LogP contribution in [0, 0.1) is 6.92 Å². The Labute approximate surface area is 138 Å². The van der Waals surface area contributed by atoms with Crippen LogP contribution in [0.25, 0.3) is 0 Å². The van der Waals surface area contributed by atoms with Gasteiger partial charge >= 0.3 is 11.8 Å². The number of hydrogen-bond acceptors (Lipinski definition) is 7. The minimum Gasteiger partial charge on any atom is -0.377 e. The van der Waals surface area contributed by atoms with E-state index in [-0.39, 0.29) is 0 Å². The summed E-state index contributed by atoms with van der Waals surface area (Å²) < 4.78 is 11.4. The standard InChI is InChI=1S/C14H20N4O4S/c1-10-6-23-13(16-10)17-11(19)12(20)18-3-5-22-14(8-18)7-15-2-4-21-9-14/h6,15H,2-5,7-9H2,1H3,(H,16,17,19)/t14-/m0/s1. The SMILES string of the molecule is Cc1csc(NC(=O)C(=O)N2CCO[C@@]3(CNCCOC3)C2)n1. The highest BCUT2D eigenvalue weighted by molar-refractivity contribution is 7.14. The van der Waals surface area contributed by atoms with Crippen molar-refractivity contribution >= 4 is 28.3 Å². The number of carbonyl (C=O) groups is 2. The first kappa shape index (κ1) is 16.3. The zero-order valence-corrected chi connectivity index (χ0v) is 13.8. The van der Waals surface area contributed by atoms with E-state index in [1.54, 1.807) is 0 Å². The smallest absolute Gasteiger partial charge is 0.315 e. The topological polar surface area (TPSA) is 92.8 Å². The van der Waals surface area contributed by atoms with Crippen LogP contribution in [0.1, 0.15) is 5.69 Å². The number of aromatic nitrogens is 1. The lowest BCUT2D eigenvalue weighted by molar-refractivity contribution is -0.162. The lowest BCUT2D eigenvalue weighted by Gasteiger charge is -2.41. The van der Waals surface area contributed by atoms with Gasteiger partial charge in [0, 0.05) is 25.0 Å². The molecule has 126 valence electrons. The number of nitrogens with zero attached hydrogens (tertiary/aromatic N) is 2. The fraction of sp³-hybridized carbons (Fsp3) is 0.643. The molecule has 2 saturated heterocycles. The van der Waals surface area contributed by atoms with Crippen molar-refractivity contribution in [1.29, 1.82) is 0 Å². The van der Waals surface area contributed by atoms with Crippen molar-refractivity contribution < 1.29 is 19.1 Å².